The Bertz CT molecular complexity index is 333. The number of hydrogen-bond acceptors (Lipinski definition) is 4. The Labute approximate surface area is 98.5 Å². The summed E-state index contributed by atoms with van der Waals surface area (Å²) in [5.41, 5.74) is 0. The quantitative estimate of drug-likeness (QED) is 0.687. The molecule has 5 heteroatoms. The van der Waals surface area contributed by atoms with E-state index in [9.17, 15) is 9.59 Å². The molecule has 88 valence electrons. The van der Waals surface area contributed by atoms with Gasteiger partial charge in [0.05, 0.1) is 0 Å². The molecule has 0 aromatic heterocycles. The van der Waals surface area contributed by atoms with E-state index in [2.05, 4.69) is 5.32 Å². The molecule has 16 heavy (non-hydrogen) atoms. The molecular weight excluding hydrogens is 226 g/mol. The van der Waals surface area contributed by atoms with Gasteiger partial charge in [-0.1, -0.05) is 0 Å². The highest BCUT2D eigenvalue weighted by atomic mass is 32.2. The van der Waals surface area contributed by atoms with Crippen molar-refractivity contribution in [2.24, 2.45) is 5.92 Å². The van der Waals surface area contributed by atoms with Gasteiger partial charge in [0.15, 0.2) is 0 Å². The molecule has 4 nitrogen and oxygen atoms in total. The van der Waals surface area contributed by atoms with Gasteiger partial charge in [-0.15, -0.1) is 0 Å². The first-order chi connectivity index (χ1) is 7.74. The van der Waals surface area contributed by atoms with Gasteiger partial charge < -0.3 is 10.1 Å². The Balaban J connectivity index is 1.70. The molecule has 3 rings (SSSR count). The van der Waals surface area contributed by atoms with Crippen LogP contribution in [0, 0.1) is 5.92 Å². The van der Waals surface area contributed by atoms with Gasteiger partial charge in [-0.2, -0.15) is 11.8 Å². The van der Waals surface area contributed by atoms with Crippen molar-refractivity contribution in [3.8, 4) is 0 Å². The molecule has 1 N–H and O–H groups in total. The van der Waals surface area contributed by atoms with Crippen molar-refractivity contribution in [1.82, 2.24) is 5.32 Å². The number of nitrogens with one attached hydrogen (secondary N) is 1. The molecule has 3 unspecified atom stereocenters. The molecular formula is C11H15NO3S. The van der Waals surface area contributed by atoms with Gasteiger partial charge in [0.1, 0.15) is 6.10 Å². The Morgan fingerprint density at radius 3 is 3.06 bits per heavy atom. The summed E-state index contributed by atoms with van der Waals surface area (Å²) in [6.07, 6.45) is 3.09. The van der Waals surface area contributed by atoms with Gasteiger partial charge in [-0.25, -0.2) is 0 Å². The number of thioether (sulfide) groups is 1. The number of amides is 1. The average molecular weight is 241 g/mol. The molecule has 0 bridgehead atoms. The summed E-state index contributed by atoms with van der Waals surface area (Å²) in [6.45, 7) is 0. The molecule has 3 heterocycles. The first-order valence-electron chi connectivity index (χ1n) is 5.84. The van der Waals surface area contributed by atoms with Crippen molar-refractivity contribution in [2.45, 2.75) is 43.1 Å². The van der Waals surface area contributed by atoms with E-state index in [0.29, 0.717) is 30.1 Å². The summed E-state index contributed by atoms with van der Waals surface area (Å²) in [5.74, 6) is 1.42. The third kappa shape index (κ3) is 1.71. The molecule has 0 spiro atoms. The Kier molecular flexibility index (Phi) is 2.58. The number of hydrogen-bond donors (Lipinski definition) is 1. The molecule has 4 atom stereocenters. The van der Waals surface area contributed by atoms with E-state index in [0.717, 1.165) is 18.6 Å². The second-order valence-electron chi connectivity index (χ2n) is 4.76. The molecule has 0 radical (unpaired) electrons. The van der Waals surface area contributed by atoms with Gasteiger partial charge >= 0.3 is 5.97 Å². The van der Waals surface area contributed by atoms with Crippen molar-refractivity contribution in [2.75, 3.05) is 5.75 Å². The zero-order chi connectivity index (χ0) is 11.1. The summed E-state index contributed by atoms with van der Waals surface area (Å²) < 4.78 is 5.41. The largest absolute Gasteiger partial charge is 0.461 e. The molecule has 3 aliphatic rings. The van der Waals surface area contributed by atoms with Crippen LogP contribution < -0.4 is 5.32 Å². The average Bonchev–Trinajstić information content (AvgIpc) is 2.76. The van der Waals surface area contributed by atoms with Crippen LogP contribution in [0.1, 0.15) is 25.7 Å². The van der Waals surface area contributed by atoms with Crippen LogP contribution in [0.25, 0.3) is 0 Å². The van der Waals surface area contributed by atoms with E-state index in [1.54, 1.807) is 0 Å². The molecule has 3 aliphatic heterocycles. The van der Waals surface area contributed by atoms with Crippen molar-refractivity contribution in [3.63, 3.8) is 0 Å². The maximum absolute atomic E-state index is 11.3. The van der Waals surface area contributed by atoms with Crippen LogP contribution in [0.4, 0.5) is 0 Å². The number of carbonyl (C=O) groups is 2. The van der Waals surface area contributed by atoms with Crippen LogP contribution in [0.3, 0.4) is 0 Å². The van der Waals surface area contributed by atoms with Crippen LogP contribution in [-0.4, -0.2) is 35.0 Å². The highest BCUT2D eigenvalue weighted by Gasteiger charge is 2.47. The lowest BCUT2D eigenvalue weighted by atomic mass is 9.91. The Hall–Kier alpha value is -0.710. The summed E-state index contributed by atoms with van der Waals surface area (Å²) in [4.78, 5) is 22.6. The predicted molar refractivity (Wildman–Crippen MR) is 60.0 cm³/mol. The smallest absolute Gasteiger partial charge is 0.306 e. The summed E-state index contributed by atoms with van der Waals surface area (Å²) in [6, 6.07) is 0.308. The molecule has 0 aliphatic carbocycles. The lowest BCUT2D eigenvalue weighted by Crippen LogP contribution is -2.37. The highest BCUT2D eigenvalue weighted by molar-refractivity contribution is 8.00. The third-order valence-corrected chi connectivity index (χ3v) is 5.28. The van der Waals surface area contributed by atoms with Crippen molar-refractivity contribution in [1.29, 1.82) is 0 Å². The van der Waals surface area contributed by atoms with E-state index >= 15 is 0 Å². The fourth-order valence-corrected chi connectivity index (χ4v) is 4.63. The predicted octanol–water partition coefficient (Wildman–Crippen LogP) is 0.702. The Morgan fingerprint density at radius 2 is 2.25 bits per heavy atom. The van der Waals surface area contributed by atoms with Crippen molar-refractivity contribution < 1.29 is 14.3 Å². The van der Waals surface area contributed by atoms with Gasteiger partial charge in [0.25, 0.3) is 0 Å². The fraction of sp³-hybridized carbons (Fsp3) is 0.818. The number of carbonyl (C=O) groups excluding carboxylic acids is 2. The van der Waals surface area contributed by atoms with E-state index in [1.165, 1.54) is 0 Å². The fourth-order valence-electron chi connectivity index (χ4n) is 2.93. The third-order valence-electron chi connectivity index (χ3n) is 3.69. The maximum atomic E-state index is 11.3. The van der Waals surface area contributed by atoms with E-state index in [-0.39, 0.29) is 18.0 Å². The highest BCUT2D eigenvalue weighted by Crippen LogP contribution is 2.42. The number of cyclic esters (lactones) is 1. The first kappa shape index (κ1) is 10.4. The van der Waals surface area contributed by atoms with E-state index in [4.69, 9.17) is 4.74 Å². The van der Waals surface area contributed by atoms with Gasteiger partial charge in [-0.3, -0.25) is 9.59 Å². The number of ether oxygens (including phenoxy) is 1. The number of fused-ring (bicyclic) bond motifs is 1. The second-order valence-corrected chi connectivity index (χ2v) is 5.97. The van der Waals surface area contributed by atoms with Gasteiger partial charge in [-0.05, 0) is 12.8 Å². The molecule has 3 saturated heterocycles. The minimum Gasteiger partial charge on any atom is -0.461 e. The van der Waals surface area contributed by atoms with Crippen LogP contribution in [0.15, 0.2) is 0 Å². The molecule has 0 aromatic carbocycles. The van der Waals surface area contributed by atoms with Gasteiger partial charge in [0.2, 0.25) is 5.91 Å². The maximum Gasteiger partial charge on any atom is 0.306 e. The monoisotopic (exact) mass is 241 g/mol. The van der Waals surface area contributed by atoms with Crippen LogP contribution in [0.5, 0.6) is 0 Å². The van der Waals surface area contributed by atoms with Crippen molar-refractivity contribution >= 4 is 23.6 Å². The molecule has 0 saturated carbocycles. The summed E-state index contributed by atoms with van der Waals surface area (Å²) in [5, 5.41) is 3.32. The first-order valence-corrected chi connectivity index (χ1v) is 6.89. The second kappa shape index (κ2) is 3.95. The lowest BCUT2D eigenvalue weighted by molar-refractivity contribution is -0.154. The Morgan fingerprint density at radius 1 is 1.38 bits per heavy atom. The number of rotatable bonds is 1. The SMILES string of the molecule is O=C1CC2C(CS[C@H]2C2CCCC(=O)O2)N1. The van der Waals surface area contributed by atoms with Crippen LogP contribution in [-0.2, 0) is 14.3 Å². The zero-order valence-electron chi connectivity index (χ0n) is 8.98. The summed E-state index contributed by atoms with van der Waals surface area (Å²) in [7, 11) is 0. The van der Waals surface area contributed by atoms with E-state index < -0.39 is 0 Å². The normalized spacial score (nSPS) is 42.8. The summed E-state index contributed by atoms with van der Waals surface area (Å²) >= 11 is 1.85. The van der Waals surface area contributed by atoms with Gasteiger partial charge in [0, 0.05) is 35.8 Å². The minimum absolute atomic E-state index is 0.0361. The topological polar surface area (TPSA) is 55.4 Å². The van der Waals surface area contributed by atoms with Crippen LogP contribution in [0.2, 0.25) is 0 Å². The van der Waals surface area contributed by atoms with E-state index in [1.807, 2.05) is 11.8 Å². The van der Waals surface area contributed by atoms with Crippen molar-refractivity contribution in [3.05, 3.63) is 0 Å². The standard InChI is InChI=1S/C11H15NO3S/c13-9-4-6-7(12-9)5-16-11(6)8-2-1-3-10(14)15-8/h6-8,11H,1-5H2,(H,12,13)/t6?,7?,8?,11-/m1/s1. The molecule has 3 fully saturated rings. The minimum atomic E-state index is -0.0717. The zero-order valence-corrected chi connectivity index (χ0v) is 9.79. The molecule has 1 amide bonds. The van der Waals surface area contributed by atoms with Crippen LogP contribution >= 0.6 is 11.8 Å². The number of esters is 1. The molecule has 0 aromatic rings. The lowest BCUT2D eigenvalue weighted by Gasteiger charge is -2.29.